The van der Waals surface area contributed by atoms with Crippen molar-refractivity contribution >= 4 is 12.0 Å². The molecule has 0 aliphatic heterocycles. The molecule has 0 saturated heterocycles. The molecule has 26 heavy (non-hydrogen) atoms. The van der Waals surface area contributed by atoms with Crippen molar-refractivity contribution in [1.29, 1.82) is 0 Å². The minimum Gasteiger partial charge on any atom is -0.444 e. The van der Waals surface area contributed by atoms with Gasteiger partial charge < -0.3 is 20.5 Å². The highest BCUT2D eigenvalue weighted by molar-refractivity contribution is 5.80. The van der Waals surface area contributed by atoms with E-state index in [1.807, 2.05) is 30.3 Å². The van der Waals surface area contributed by atoms with E-state index in [1.54, 1.807) is 20.8 Å². The molecular weight excluding hydrogens is 332 g/mol. The predicted molar refractivity (Wildman–Crippen MR) is 99.3 cm³/mol. The van der Waals surface area contributed by atoms with E-state index < -0.39 is 29.7 Å². The molecule has 0 bridgehead atoms. The Kier molecular flexibility index (Phi) is 7.03. The van der Waals surface area contributed by atoms with Crippen LogP contribution < -0.4 is 11.1 Å². The van der Waals surface area contributed by atoms with E-state index in [2.05, 4.69) is 5.32 Å². The lowest BCUT2D eigenvalue weighted by atomic mass is 9.80. The van der Waals surface area contributed by atoms with Gasteiger partial charge in [0.2, 0.25) is 5.91 Å². The number of nitrogens with one attached hydrogen (secondary N) is 1. The third-order valence-corrected chi connectivity index (χ3v) is 4.43. The molecule has 2 rings (SSSR count). The standard InChI is InChI=1S/C20H30N2O4/c1-20(2,3)26-19(24)22-16(12-14-10-7-11-14)17(18(21)23)25-13-15-8-5-4-6-9-15/h4-6,8-9,14,16-17H,7,10-13H2,1-3H3,(H2,21,23)(H,22,24). The van der Waals surface area contributed by atoms with E-state index in [0.717, 1.165) is 18.4 Å². The Morgan fingerprint density at radius 1 is 1.23 bits per heavy atom. The van der Waals surface area contributed by atoms with Gasteiger partial charge in [0, 0.05) is 0 Å². The maximum atomic E-state index is 12.2. The van der Waals surface area contributed by atoms with Crippen molar-refractivity contribution in [2.75, 3.05) is 0 Å². The number of carbonyl (C=O) groups is 2. The summed E-state index contributed by atoms with van der Waals surface area (Å²) in [5.41, 5.74) is 5.91. The summed E-state index contributed by atoms with van der Waals surface area (Å²) in [5, 5.41) is 2.80. The zero-order valence-electron chi connectivity index (χ0n) is 15.9. The fraction of sp³-hybridized carbons (Fsp3) is 0.600. The molecule has 3 N–H and O–H groups in total. The smallest absolute Gasteiger partial charge is 0.407 e. The van der Waals surface area contributed by atoms with E-state index in [4.69, 9.17) is 15.2 Å². The van der Waals surface area contributed by atoms with Gasteiger partial charge >= 0.3 is 6.09 Å². The first-order valence-electron chi connectivity index (χ1n) is 9.19. The molecule has 1 saturated carbocycles. The molecule has 0 radical (unpaired) electrons. The number of rotatable bonds is 8. The highest BCUT2D eigenvalue weighted by Gasteiger charge is 2.34. The van der Waals surface area contributed by atoms with E-state index in [-0.39, 0.29) is 6.61 Å². The van der Waals surface area contributed by atoms with Gasteiger partial charge in [0.25, 0.3) is 0 Å². The van der Waals surface area contributed by atoms with E-state index in [1.165, 1.54) is 6.42 Å². The van der Waals surface area contributed by atoms with Crippen molar-refractivity contribution in [3.8, 4) is 0 Å². The number of hydrogen-bond acceptors (Lipinski definition) is 4. The van der Waals surface area contributed by atoms with Crippen LogP contribution in [-0.2, 0) is 20.9 Å². The molecule has 0 aromatic heterocycles. The molecule has 1 aliphatic carbocycles. The molecule has 6 heteroatoms. The van der Waals surface area contributed by atoms with Gasteiger partial charge in [-0.3, -0.25) is 4.79 Å². The Bertz CT molecular complexity index is 594. The van der Waals surface area contributed by atoms with E-state index in [0.29, 0.717) is 12.3 Å². The monoisotopic (exact) mass is 362 g/mol. The molecular formula is C20H30N2O4. The fourth-order valence-corrected chi connectivity index (χ4v) is 2.96. The molecule has 1 aromatic carbocycles. The summed E-state index contributed by atoms with van der Waals surface area (Å²) in [6.45, 7) is 5.65. The maximum absolute atomic E-state index is 12.2. The second-order valence-electron chi connectivity index (χ2n) is 7.90. The third-order valence-electron chi connectivity index (χ3n) is 4.43. The highest BCUT2D eigenvalue weighted by Crippen LogP contribution is 2.31. The number of amides is 2. The molecule has 2 amide bonds. The second kappa shape index (κ2) is 9.03. The lowest BCUT2D eigenvalue weighted by molar-refractivity contribution is -0.132. The van der Waals surface area contributed by atoms with E-state index in [9.17, 15) is 9.59 Å². The van der Waals surface area contributed by atoms with Crippen LogP contribution in [0.15, 0.2) is 30.3 Å². The summed E-state index contributed by atoms with van der Waals surface area (Å²) in [6, 6.07) is 9.06. The lowest BCUT2D eigenvalue weighted by Crippen LogP contribution is -2.52. The van der Waals surface area contributed by atoms with Gasteiger partial charge in [-0.2, -0.15) is 0 Å². The van der Waals surface area contributed by atoms with Crippen molar-refractivity contribution in [2.24, 2.45) is 11.7 Å². The number of primary amides is 1. The zero-order chi connectivity index (χ0) is 19.2. The largest absolute Gasteiger partial charge is 0.444 e. The lowest BCUT2D eigenvalue weighted by Gasteiger charge is -2.33. The van der Waals surface area contributed by atoms with Crippen molar-refractivity contribution in [3.63, 3.8) is 0 Å². The molecule has 2 unspecified atom stereocenters. The molecule has 2 atom stereocenters. The number of alkyl carbamates (subject to hydrolysis) is 1. The Morgan fingerprint density at radius 2 is 1.88 bits per heavy atom. The topological polar surface area (TPSA) is 90.7 Å². The first-order valence-corrected chi connectivity index (χ1v) is 9.19. The Morgan fingerprint density at radius 3 is 2.38 bits per heavy atom. The number of benzene rings is 1. The second-order valence-corrected chi connectivity index (χ2v) is 7.90. The number of hydrogen-bond donors (Lipinski definition) is 2. The van der Waals surface area contributed by atoms with Gasteiger partial charge in [0.15, 0.2) is 6.10 Å². The average Bonchev–Trinajstić information content (AvgIpc) is 2.49. The van der Waals surface area contributed by atoms with Gasteiger partial charge in [0.05, 0.1) is 12.6 Å². The van der Waals surface area contributed by atoms with Crippen molar-refractivity contribution in [1.82, 2.24) is 5.32 Å². The normalized spacial score (nSPS) is 17.0. The summed E-state index contributed by atoms with van der Waals surface area (Å²) >= 11 is 0. The Hall–Kier alpha value is -2.08. The minimum absolute atomic E-state index is 0.256. The van der Waals surface area contributed by atoms with Gasteiger partial charge in [-0.25, -0.2) is 4.79 Å². The SMILES string of the molecule is CC(C)(C)OC(=O)NC(CC1CCC1)C(OCc1ccccc1)C(N)=O. The number of carbonyl (C=O) groups excluding carboxylic acids is 2. The van der Waals surface area contributed by atoms with Crippen molar-refractivity contribution in [3.05, 3.63) is 35.9 Å². The summed E-state index contributed by atoms with van der Waals surface area (Å²) in [4.78, 5) is 24.2. The Balaban J connectivity index is 2.04. The fourth-order valence-electron chi connectivity index (χ4n) is 2.96. The third kappa shape index (κ3) is 6.67. The summed E-state index contributed by atoms with van der Waals surface area (Å²) < 4.78 is 11.1. The summed E-state index contributed by atoms with van der Waals surface area (Å²) in [7, 11) is 0. The molecule has 144 valence electrons. The average molecular weight is 362 g/mol. The Labute approximate surface area is 155 Å². The maximum Gasteiger partial charge on any atom is 0.407 e. The van der Waals surface area contributed by atoms with Crippen molar-refractivity contribution < 1.29 is 19.1 Å². The van der Waals surface area contributed by atoms with Crippen LogP contribution in [0.5, 0.6) is 0 Å². The summed E-state index contributed by atoms with van der Waals surface area (Å²) in [6.07, 6.45) is 2.56. The van der Waals surface area contributed by atoms with Gasteiger partial charge in [-0.1, -0.05) is 49.6 Å². The van der Waals surface area contributed by atoms with Crippen LogP contribution in [0, 0.1) is 5.92 Å². The first-order chi connectivity index (χ1) is 12.2. The summed E-state index contributed by atoms with van der Waals surface area (Å²) in [5.74, 6) is -0.113. The van der Waals surface area contributed by atoms with Crippen LogP contribution in [-0.4, -0.2) is 29.7 Å². The quantitative estimate of drug-likeness (QED) is 0.743. The van der Waals surface area contributed by atoms with Crippen LogP contribution in [0.1, 0.15) is 52.0 Å². The first kappa shape index (κ1) is 20.2. The van der Waals surface area contributed by atoms with Crippen LogP contribution in [0.3, 0.4) is 0 Å². The molecule has 1 fully saturated rings. The predicted octanol–water partition coefficient (Wildman–Crippen LogP) is 3.14. The van der Waals surface area contributed by atoms with Gasteiger partial charge in [-0.05, 0) is 38.7 Å². The minimum atomic E-state index is -0.900. The number of ether oxygens (including phenoxy) is 2. The van der Waals surface area contributed by atoms with Crippen LogP contribution in [0.25, 0.3) is 0 Å². The van der Waals surface area contributed by atoms with Gasteiger partial charge in [-0.15, -0.1) is 0 Å². The molecule has 1 aliphatic rings. The molecule has 0 spiro atoms. The van der Waals surface area contributed by atoms with Crippen molar-refractivity contribution in [2.45, 2.75) is 70.8 Å². The zero-order valence-corrected chi connectivity index (χ0v) is 15.9. The van der Waals surface area contributed by atoms with E-state index >= 15 is 0 Å². The van der Waals surface area contributed by atoms with Crippen LogP contribution in [0.2, 0.25) is 0 Å². The van der Waals surface area contributed by atoms with Crippen LogP contribution >= 0.6 is 0 Å². The van der Waals surface area contributed by atoms with Crippen LogP contribution in [0.4, 0.5) is 4.79 Å². The molecule has 0 heterocycles. The molecule has 1 aromatic rings. The highest BCUT2D eigenvalue weighted by atomic mass is 16.6. The van der Waals surface area contributed by atoms with Gasteiger partial charge in [0.1, 0.15) is 5.60 Å². The molecule has 6 nitrogen and oxygen atoms in total. The number of nitrogens with two attached hydrogens (primary N) is 1.